The number of anilines is 5. The van der Waals surface area contributed by atoms with Crippen molar-refractivity contribution in [3.63, 3.8) is 0 Å². The first-order valence-electron chi connectivity index (χ1n) is 37.3. The molecule has 0 unspecified atom stereocenters. The Balaban J connectivity index is 0.000000113. The number of hydrogen-bond donors (Lipinski definition) is 1. The van der Waals surface area contributed by atoms with Crippen LogP contribution in [0.5, 0.6) is 0 Å². The highest BCUT2D eigenvalue weighted by molar-refractivity contribution is 6.30. The van der Waals surface area contributed by atoms with Crippen LogP contribution in [-0.4, -0.2) is 0 Å². The van der Waals surface area contributed by atoms with E-state index in [-0.39, 0.29) is 10.8 Å². The molecule has 10 aliphatic carbocycles. The third-order valence-corrected chi connectivity index (χ3v) is 25.5. The van der Waals surface area contributed by atoms with Crippen molar-refractivity contribution in [2.24, 2.45) is 47.3 Å². The molecule has 3 heteroatoms. The van der Waals surface area contributed by atoms with Gasteiger partial charge in [0.1, 0.15) is 0 Å². The van der Waals surface area contributed by atoms with E-state index in [0.717, 1.165) is 63.7 Å². The summed E-state index contributed by atoms with van der Waals surface area (Å²) in [6.07, 6.45) is 14.3. The number of nitrogens with one attached hydrogen (secondary N) is 1. The molecule has 2 nitrogen and oxygen atoms in total. The summed E-state index contributed by atoms with van der Waals surface area (Å²) in [6.45, 7) is 0. The summed E-state index contributed by atoms with van der Waals surface area (Å²) in [5.41, 5.74) is 31.2. The van der Waals surface area contributed by atoms with Gasteiger partial charge >= 0.3 is 0 Å². The lowest BCUT2D eigenvalue weighted by Crippen LogP contribution is -2.55. The van der Waals surface area contributed by atoms with E-state index in [2.05, 4.69) is 314 Å². The van der Waals surface area contributed by atoms with E-state index in [1.807, 2.05) is 24.3 Å². The summed E-state index contributed by atoms with van der Waals surface area (Å²) in [7, 11) is 0. The van der Waals surface area contributed by atoms with Crippen molar-refractivity contribution in [3.8, 4) is 77.9 Å². The second-order valence-electron chi connectivity index (χ2n) is 30.5. The summed E-state index contributed by atoms with van der Waals surface area (Å²) >= 11 is 6.20. The Morgan fingerprint density at radius 2 is 0.545 bits per heavy atom. The molecule has 8 fully saturated rings. The largest absolute Gasteiger partial charge is 0.356 e. The molecule has 0 saturated heterocycles. The van der Waals surface area contributed by atoms with Crippen LogP contribution in [0.3, 0.4) is 0 Å². The van der Waals surface area contributed by atoms with Crippen LogP contribution in [0.2, 0.25) is 5.02 Å². The SMILES string of the molecule is Clc1ccc(-c2cccc3c2-c2ccccc2C32C3CC4CC(C3)CC2C4)cc1.c1ccc(-c2ccc(N(c3ccc(-c4ccccc4)cc3)c3cccc4c3-c3ccccc3C43C4CC5CC(C4)CC3C5)cc2)cc1.c1ccc(-c2ccc(Nc3ccc(-c4ccccc4)cc3)cc2)cc1. The molecular formula is C98H83ClN2. The fraction of sp³-hybridized carbons (Fsp3) is 0.204. The zero-order valence-corrected chi connectivity index (χ0v) is 57.9. The molecule has 0 radical (unpaired) electrons. The maximum atomic E-state index is 6.20. The lowest BCUT2D eigenvalue weighted by molar-refractivity contribution is -0.0399. The third kappa shape index (κ3) is 10.7. The first-order valence-corrected chi connectivity index (χ1v) is 37.7. The minimum absolute atomic E-state index is 0.148. The van der Waals surface area contributed by atoms with E-state index < -0.39 is 0 Å². The topological polar surface area (TPSA) is 15.3 Å². The Kier molecular flexibility index (Phi) is 15.7. The van der Waals surface area contributed by atoms with E-state index in [4.69, 9.17) is 11.6 Å². The molecule has 0 aromatic heterocycles. The van der Waals surface area contributed by atoms with Crippen LogP contribution in [0.25, 0.3) is 77.9 Å². The van der Waals surface area contributed by atoms with Gasteiger partial charge < -0.3 is 10.2 Å². The Morgan fingerprint density at radius 1 is 0.248 bits per heavy atom. The lowest BCUT2D eigenvalue weighted by Gasteiger charge is -2.61. The van der Waals surface area contributed by atoms with Crippen molar-refractivity contribution in [3.05, 3.63) is 355 Å². The van der Waals surface area contributed by atoms with E-state index in [9.17, 15) is 0 Å². The highest BCUT2D eigenvalue weighted by Gasteiger charge is 2.63. The predicted octanol–water partition coefficient (Wildman–Crippen LogP) is 26.7. The molecule has 0 heterocycles. The fourth-order valence-electron chi connectivity index (χ4n) is 21.7. The lowest BCUT2D eigenvalue weighted by atomic mass is 9.43. The van der Waals surface area contributed by atoms with Gasteiger partial charge in [0.2, 0.25) is 0 Å². The van der Waals surface area contributed by atoms with Gasteiger partial charge in [0.15, 0.2) is 0 Å². The van der Waals surface area contributed by atoms with Crippen LogP contribution < -0.4 is 10.2 Å². The molecular weight excluding hydrogens is 1240 g/mol. The molecule has 2 spiro atoms. The average molecular weight is 1320 g/mol. The van der Waals surface area contributed by atoms with Crippen LogP contribution in [-0.2, 0) is 10.8 Å². The normalized spacial score (nSPS) is 23.6. The minimum Gasteiger partial charge on any atom is -0.356 e. The molecule has 0 amide bonds. The van der Waals surface area contributed by atoms with Crippen LogP contribution in [0.4, 0.5) is 28.4 Å². The van der Waals surface area contributed by atoms with Crippen molar-refractivity contribution in [1.82, 2.24) is 0 Å². The maximum absolute atomic E-state index is 6.20. The minimum atomic E-state index is 0.148. The van der Waals surface area contributed by atoms with Gasteiger partial charge in [-0.05, 0) is 273 Å². The zero-order chi connectivity index (χ0) is 67.0. The first kappa shape index (κ1) is 61.8. The van der Waals surface area contributed by atoms with Gasteiger partial charge in [0.05, 0.1) is 5.69 Å². The average Bonchev–Trinajstić information content (AvgIpc) is 1.55. The molecule has 23 rings (SSSR count). The Labute approximate surface area is 601 Å². The van der Waals surface area contributed by atoms with Gasteiger partial charge in [0, 0.05) is 44.2 Å². The molecule has 13 aromatic rings. The van der Waals surface area contributed by atoms with Crippen molar-refractivity contribution in [2.75, 3.05) is 10.2 Å². The summed E-state index contributed by atoms with van der Waals surface area (Å²) < 4.78 is 0. The molecule has 0 aliphatic heterocycles. The summed E-state index contributed by atoms with van der Waals surface area (Å²) in [4.78, 5) is 2.52. The number of fused-ring (bicyclic) bond motifs is 6. The van der Waals surface area contributed by atoms with Gasteiger partial charge in [-0.3, -0.25) is 0 Å². The van der Waals surface area contributed by atoms with Crippen molar-refractivity contribution in [1.29, 1.82) is 0 Å². The van der Waals surface area contributed by atoms with Gasteiger partial charge in [-0.15, -0.1) is 0 Å². The smallest absolute Gasteiger partial charge is 0.0543 e. The Bertz CT molecular complexity index is 4900. The van der Waals surface area contributed by atoms with Crippen LogP contribution in [0, 0.1) is 47.3 Å². The van der Waals surface area contributed by atoms with Crippen LogP contribution in [0.15, 0.2) is 328 Å². The van der Waals surface area contributed by atoms with Gasteiger partial charge in [-0.2, -0.15) is 0 Å². The monoisotopic (exact) mass is 1320 g/mol. The van der Waals surface area contributed by atoms with Crippen LogP contribution >= 0.6 is 11.6 Å². The first-order chi connectivity index (χ1) is 49.9. The van der Waals surface area contributed by atoms with Crippen LogP contribution in [0.1, 0.15) is 86.5 Å². The second kappa shape index (κ2) is 25.7. The van der Waals surface area contributed by atoms with Crippen molar-refractivity contribution < 1.29 is 0 Å². The molecule has 101 heavy (non-hydrogen) atoms. The molecule has 8 saturated carbocycles. The molecule has 13 aromatic carbocycles. The molecule has 8 bridgehead atoms. The van der Waals surface area contributed by atoms with Crippen molar-refractivity contribution in [2.45, 2.75) is 75.0 Å². The standard InChI is InChI=1S/C46H39N.C28H25Cl.C24H19N/c1-3-10-33(11-4-1)35-18-22-39(23-19-35)47(40-24-20-36(21-25-40)34-12-5-2-6-13-34)44-17-9-16-43-45(44)41-14-7-8-15-42(41)46(43)37-27-31-26-32(29-37)30-38(46)28-31;29-22-10-8-19(9-11-22)23-5-3-7-26-27(23)24-4-1-2-6-25(24)28(26)20-13-17-12-18(15-20)16-21(28)14-17;1-3-7-19(8-4-1)21-11-15-23(16-12-21)25-24-17-13-22(14-18-24)20-9-5-2-6-10-20/h1-25,31-32,37-38H,26-30H2;1-11,17-18,20-21H,12-16H2;1-18,25H. The third-order valence-electron chi connectivity index (χ3n) is 25.3. The molecule has 10 aliphatic rings. The Morgan fingerprint density at radius 3 is 0.941 bits per heavy atom. The summed E-state index contributed by atoms with van der Waals surface area (Å²) in [5, 5.41) is 4.27. The number of halogens is 1. The van der Waals surface area contributed by atoms with E-state index in [1.54, 1.807) is 22.3 Å². The van der Waals surface area contributed by atoms with Gasteiger partial charge in [-0.25, -0.2) is 0 Å². The van der Waals surface area contributed by atoms with E-state index >= 15 is 0 Å². The van der Waals surface area contributed by atoms with Gasteiger partial charge in [-0.1, -0.05) is 272 Å². The number of hydrogen-bond acceptors (Lipinski definition) is 2. The fourth-order valence-corrected chi connectivity index (χ4v) is 21.8. The van der Waals surface area contributed by atoms with E-state index in [0.29, 0.717) is 0 Å². The number of benzene rings is 13. The molecule has 492 valence electrons. The zero-order valence-electron chi connectivity index (χ0n) is 57.2. The Hall–Kier alpha value is -10.3. The van der Waals surface area contributed by atoms with Gasteiger partial charge in [0.25, 0.3) is 0 Å². The number of rotatable bonds is 10. The molecule has 1 N–H and O–H groups in total. The maximum Gasteiger partial charge on any atom is 0.0543 e. The highest BCUT2D eigenvalue weighted by Crippen LogP contribution is 2.72. The predicted molar refractivity (Wildman–Crippen MR) is 422 cm³/mol. The van der Waals surface area contributed by atoms with E-state index in [1.165, 1.54) is 159 Å². The molecule has 0 atom stereocenters. The summed E-state index contributed by atoms with van der Waals surface area (Å²) in [6, 6.07) is 119. The number of nitrogens with zero attached hydrogens (tertiary/aromatic N) is 1. The quantitative estimate of drug-likeness (QED) is 0.147. The summed E-state index contributed by atoms with van der Waals surface area (Å²) in [5.74, 6) is 6.98. The highest BCUT2D eigenvalue weighted by atomic mass is 35.5. The van der Waals surface area contributed by atoms with Crippen molar-refractivity contribution >= 4 is 40.0 Å². The second-order valence-corrected chi connectivity index (χ2v) is 31.0.